The number of hydrogen-bond donors (Lipinski definition) is 2. The number of nitrogens with one attached hydrogen (secondary N) is 2. The molecule has 1 saturated heterocycles. The molecule has 2 heterocycles. The Morgan fingerprint density at radius 1 is 1.00 bits per heavy atom. The molecule has 1 aliphatic heterocycles. The molecule has 7 nitrogen and oxygen atoms in total. The second-order valence-electron chi connectivity index (χ2n) is 8.00. The van der Waals surface area contributed by atoms with E-state index in [0.717, 1.165) is 48.5 Å². The largest absolute Gasteiger partial charge is 0.340 e. The number of rotatable bonds is 4. The third-order valence-corrected chi connectivity index (χ3v) is 5.50. The van der Waals surface area contributed by atoms with Gasteiger partial charge in [0.1, 0.15) is 12.1 Å². The van der Waals surface area contributed by atoms with E-state index in [1.807, 2.05) is 35.2 Å². The van der Waals surface area contributed by atoms with Gasteiger partial charge in [-0.3, -0.25) is 4.90 Å². The monoisotopic (exact) mass is 404 g/mol. The molecule has 0 unspecified atom stereocenters. The molecule has 0 saturated carbocycles. The fourth-order valence-corrected chi connectivity index (χ4v) is 3.74. The molecule has 156 valence electrons. The van der Waals surface area contributed by atoms with E-state index in [9.17, 15) is 4.79 Å². The molecule has 3 aromatic rings. The van der Waals surface area contributed by atoms with E-state index >= 15 is 0 Å². The Hall–Kier alpha value is -3.19. The SMILES string of the molecule is Cc1cccc(Nc2ncnc3ccc(NC(=O)N4CCN(C(C)C)CC4)cc23)c1. The molecule has 4 rings (SSSR count). The zero-order valence-electron chi connectivity index (χ0n) is 17.7. The van der Waals surface area contributed by atoms with Crippen molar-refractivity contribution in [2.24, 2.45) is 0 Å². The van der Waals surface area contributed by atoms with Crippen LogP contribution in [0.4, 0.5) is 22.0 Å². The number of hydrogen-bond acceptors (Lipinski definition) is 5. The molecule has 0 spiro atoms. The van der Waals surface area contributed by atoms with Crippen molar-refractivity contribution in [3.63, 3.8) is 0 Å². The second-order valence-corrected chi connectivity index (χ2v) is 8.00. The number of benzene rings is 2. The Bertz CT molecular complexity index is 1040. The molecule has 2 aromatic carbocycles. The molecule has 0 atom stereocenters. The zero-order chi connectivity index (χ0) is 21.1. The second kappa shape index (κ2) is 8.67. The summed E-state index contributed by atoms with van der Waals surface area (Å²) in [7, 11) is 0. The number of piperazine rings is 1. The Balaban J connectivity index is 1.51. The van der Waals surface area contributed by atoms with E-state index < -0.39 is 0 Å². The maximum Gasteiger partial charge on any atom is 0.321 e. The average Bonchev–Trinajstić information content (AvgIpc) is 2.74. The number of urea groups is 1. The Labute approximate surface area is 177 Å². The first-order chi connectivity index (χ1) is 14.5. The van der Waals surface area contributed by atoms with Crippen molar-refractivity contribution in [1.82, 2.24) is 19.8 Å². The van der Waals surface area contributed by atoms with Crippen molar-refractivity contribution < 1.29 is 4.79 Å². The molecule has 1 aromatic heterocycles. The predicted molar refractivity (Wildman–Crippen MR) is 121 cm³/mol. The molecule has 2 N–H and O–H groups in total. The third-order valence-electron chi connectivity index (χ3n) is 5.50. The van der Waals surface area contributed by atoms with Gasteiger partial charge in [0.25, 0.3) is 0 Å². The minimum atomic E-state index is -0.0669. The Kier molecular flexibility index (Phi) is 5.81. The molecule has 7 heteroatoms. The minimum Gasteiger partial charge on any atom is -0.340 e. The lowest BCUT2D eigenvalue weighted by molar-refractivity contribution is 0.125. The highest BCUT2D eigenvalue weighted by molar-refractivity contribution is 5.96. The van der Waals surface area contributed by atoms with E-state index in [4.69, 9.17) is 0 Å². The van der Waals surface area contributed by atoms with Crippen LogP contribution in [-0.2, 0) is 0 Å². The summed E-state index contributed by atoms with van der Waals surface area (Å²) in [5, 5.41) is 7.26. The van der Waals surface area contributed by atoms with Crippen molar-refractivity contribution in [3.8, 4) is 0 Å². The van der Waals surface area contributed by atoms with Gasteiger partial charge in [-0.1, -0.05) is 12.1 Å². The van der Waals surface area contributed by atoms with Gasteiger partial charge in [-0.15, -0.1) is 0 Å². The van der Waals surface area contributed by atoms with Gasteiger partial charge in [-0.25, -0.2) is 14.8 Å². The number of aryl methyl sites for hydroxylation is 1. The highest BCUT2D eigenvalue weighted by Gasteiger charge is 2.22. The highest BCUT2D eigenvalue weighted by atomic mass is 16.2. The smallest absolute Gasteiger partial charge is 0.321 e. The number of aromatic nitrogens is 2. The average molecular weight is 405 g/mol. The van der Waals surface area contributed by atoms with E-state index in [1.54, 1.807) is 6.33 Å². The van der Waals surface area contributed by atoms with Gasteiger partial charge >= 0.3 is 6.03 Å². The van der Waals surface area contributed by atoms with Crippen molar-refractivity contribution in [2.45, 2.75) is 26.8 Å². The van der Waals surface area contributed by atoms with Crippen molar-refractivity contribution in [2.75, 3.05) is 36.8 Å². The molecule has 0 bridgehead atoms. The summed E-state index contributed by atoms with van der Waals surface area (Å²) in [5.41, 5.74) is 3.70. The minimum absolute atomic E-state index is 0.0669. The quantitative estimate of drug-likeness (QED) is 0.680. The Morgan fingerprint density at radius 2 is 1.80 bits per heavy atom. The lowest BCUT2D eigenvalue weighted by atomic mass is 10.2. The maximum absolute atomic E-state index is 12.7. The van der Waals surface area contributed by atoms with Crippen molar-refractivity contribution in [1.29, 1.82) is 0 Å². The van der Waals surface area contributed by atoms with Crippen LogP contribution < -0.4 is 10.6 Å². The van der Waals surface area contributed by atoms with Gasteiger partial charge in [0.05, 0.1) is 5.52 Å². The normalized spacial score (nSPS) is 14.9. The molecular formula is C23H28N6O. The fraction of sp³-hybridized carbons (Fsp3) is 0.348. The van der Waals surface area contributed by atoms with E-state index in [-0.39, 0.29) is 6.03 Å². The van der Waals surface area contributed by atoms with Gasteiger partial charge in [-0.05, 0) is 56.7 Å². The van der Waals surface area contributed by atoms with Crippen LogP contribution in [0.3, 0.4) is 0 Å². The maximum atomic E-state index is 12.7. The van der Waals surface area contributed by atoms with Crippen LogP contribution >= 0.6 is 0 Å². The lowest BCUT2D eigenvalue weighted by Crippen LogP contribution is -2.51. The first-order valence-electron chi connectivity index (χ1n) is 10.4. The first-order valence-corrected chi connectivity index (χ1v) is 10.4. The molecular weight excluding hydrogens is 376 g/mol. The highest BCUT2D eigenvalue weighted by Crippen LogP contribution is 2.26. The van der Waals surface area contributed by atoms with Gasteiger partial charge in [0.2, 0.25) is 0 Å². The topological polar surface area (TPSA) is 73.4 Å². The van der Waals surface area contributed by atoms with Gasteiger partial charge in [-0.2, -0.15) is 0 Å². The van der Waals surface area contributed by atoms with Crippen LogP contribution in [-0.4, -0.2) is 58.0 Å². The van der Waals surface area contributed by atoms with E-state index in [2.05, 4.69) is 58.4 Å². The molecule has 1 aliphatic rings. The van der Waals surface area contributed by atoms with Gasteiger partial charge < -0.3 is 15.5 Å². The number of anilines is 3. The lowest BCUT2D eigenvalue weighted by Gasteiger charge is -2.36. The summed E-state index contributed by atoms with van der Waals surface area (Å²) in [4.78, 5) is 25.8. The van der Waals surface area contributed by atoms with Crippen LogP contribution in [0.2, 0.25) is 0 Å². The molecule has 2 amide bonds. The van der Waals surface area contributed by atoms with Crippen LogP contribution in [0, 0.1) is 6.92 Å². The summed E-state index contributed by atoms with van der Waals surface area (Å²) >= 11 is 0. The summed E-state index contributed by atoms with van der Waals surface area (Å²) in [6, 6.07) is 14.3. The van der Waals surface area contributed by atoms with Crippen LogP contribution in [0.25, 0.3) is 10.9 Å². The standard InChI is InChI=1S/C23H28N6O/c1-16(2)28-9-11-29(12-10-28)23(30)27-19-7-8-21-20(14-19)22(25-15-24-21)26-18-6-4-5-17(3)13-18/h4-8,13-16H,9-12H2,1-3H3,(H,27,30)(H,24,25,26). The van der Waals surface area contributed by atoms with Crippen LogP contribution in [0.1, 0.15) is 19.4 Å². The third kappa shape index (κ3) is 4.52. The summed E-state index contributed by atoms with van der Waals surface area (Å²) < 4.78 is 0. The van der Waals surface area contributed by atoms with Crippen molar-refractivity contribution >= 4 is 34.1 Å². The van der Waals surface area contributed by atoms with E-state index in [1.165, 1.54) is 5.56 Å². The first kappa shape index (κ1) is 20.1. The predicted octanol–water partition coefficient (Wildman–Crippen LogP) is 4.24. The number of amides is 2. The fourth-order valence-electron chi connectivity index (χ4n) is 3.74. The molecule has 30 heavy (non-hydrogen) atoms. The van der Waals surface area contributed by atoms with E-state index in [0.29, 0.717) is 11.9 Å². The molecule has 1 fully saturated rings. The van der Waals surface area contributed by atoms with Crippen LogP contribution in [0.5, 0.6) is 0 Å². The van der Waals surface area contributed by atoms with Crippen molar-refractivity contribution in [3.05, 3.63) is 54.4 Å². The summed E-state index contributed by atoms with van der Waals surface area (Å²) in [5.74, 6) is 0.715. The number of carbonyl (C=O) groups excluding carboxylic acids is 1. The molecule has 0 aliphatic carbocycles. The molecule has 0 radical (unpaired) electrons. The number of carbonyl (C=O) groups is 1. The van der Waals surface area contributed by atoms with Gasteiger partial charge in [0, 0.05) is 49.0 Å². The van der Waals surface area contributed by atoms with Crippen LogP contribution in [0.15, 0.2) is 48.8 Å². The van der Waals surface area contributed by atoms with Gasteiger partial charge in [0.15, 0.2) is 0 Å². The number of nitrogens with zero attached hydrogens (tertiary/aromatic N) is 4. The summed E-state index contributed by atoms with van der Waals surface area (Å²) in [6.07, 6.45) is 1.55. The Morgan fingerprint density at radius 3 is 2.53 bits per heavy atom. The zero-order valence-corrected chi connectivity index (χ0v) is 17.7. The number of fused-ring (bicyclic) bond motifs is 1. The summed E-state index contributed by atoms with van der Waals surface area (Å²) in [6.45, 7) is 9.71.